The van der Waals surface area contributed by atoms with Gasteiger partial charge in [0, 0.05) is 17.3 Å². The molecule has 2 aromatic heterocycles. The predicted molar refractivity (Wildman–Crippen MR) is 136 cm³/mol. The molecule has 2 aromatic carbocycles. The molecule has 9 heteroatoms. The van der Waals surface area contributed by atoms with Crippen LogP contribution in [0.5, 0.6) is 5.75 Å². The minimum absolute atomic E-state index is 0.449. The first-order chi connectivity index (χ1) is 15.9. The van der Waals surface area contributed by atoms with Crippen LogP contribution in [-0.2, 0) is 13.1 Å². The first kappa shape index (κ1) is 22.8. The number of thiocarbonyl (C=S) groups is 1. The van der Waals surface area contributed by atoms with Gasteiger partial charge in [-0.2, -0.15) is 10.2 Å². The van der Waals surface area contributed by atoms with Crippen LogP contribution < -0.4 is 15.4 Å². The summed E-state index contributed by atoms with van der Waals surface area (Å²) in [5, 5.41) is 16.8. The van der Waals surface area contributed by atoms with Gasteiger partial charge in [-0.1, -0.05) is 41.9 Å². The van der Waals surface area contributed by atoms with Crippen LogP contribution in [0, 0.1) is 13.8 Å². The smallest absolute Gasteiger partial charge is 0.176 e. The molecule has 0 unspecified atom stereocenters. The highest BCUT2D eigenvalue weighted by atomic mass is 35.5. The van der Waals surface area contributed by atoms with Crippen molar-refractivity contribution in [3.05, 3.63) is 88.3 Å². The molecule has 4 rings (SSSR count). The van der Waals surface area contributed by atoms with Gasteiger partial charge in [-0.3, -0.25) is 9.36 Å². The molecule has 0 aliphatic carbocycles. The number of aromatic nitrogens is 4. The van der Waals surface area contributed by atoms with Crippen molar-refractivity contribution in [2.24, 2.45) is 0 Å². The molecule has 0 aliphatic rings. The zero-order valence-corrected chi connectivity index (χ0v) is 20.2. The molecule has 33 heavy (non-hydrogen) atoms. The fraction of sp³-hybridized carbons (Fsp3) is 0.208. The number of anilines is 2. The van der Waals surface area contributed by atoms with E-state index in [1.54, 1.807) is 7.11 Å². The molecule has 0 amide bonds. The van der Waals surface area contributed by atoms with Crippen LogP contribution in [-0.4, -0.2) is 31.8 Å². The first-order valence-electron chi connectivity index (χ1n) is 10.4. The SMILES string of the molecule is COc1cccc(Cn2nc(C)c(NC(=S)Nc3ccn(Cc4ccccc4Cl)n3)c2C)c1. The van der Waals surface area contributed by atoms with Gasteiger partial charge in [-0.25, -0.2) is 0 Å². The van der Waals surface area contributed by atoms with E-state index in [-0.39, 0.29) is 0 Å². The lowest BCUT2D eigenvalue weighted by Gasteiger charge is -2.10. The second-order valence-electron chi connectivity index (χ2n) is 7.62. The fourth-order valence-corrected chi connectivity index (χ4v) is 3.96. The van der Waals surface area contributed by atoms with E-state index < -0.39 is 0 Å². The first-order valence-corrected chi connectivity index (χ1v) is 11.2. The molecule has 0 radical (unpaired) electrons. The van der Waals surface area contributed by atoms with Gasteiger partial charge >= 0.3 is 0 Å². The maximum absolute atomic E-state index is 6.25. The number of rotatable bonds is 7. The van der Waals surface area contributed by atoms with Crippen molar-refractivity contribution < 1.29 is 4.74 Å². The summed E-state index contributed by atoms with van der Waals surface area (Å²) in [5.41, 5.74) is 4.85. The lowest BCUT2D eigenvalue weighted by atomic mass is 10.2. The highest BCUT2D eigenvalue weighted by molar-refractivity contribution is 7.80. The predicted octanol–water partition coefficient (Wildman–Crippen LogP) is 5.26. The van der Waals surface area contributed by atoms with Crippen LogP contribution in [0.25, 0.3) is 0 Å². The largest absolute Gasteiger partial charge is 0.497 e. The summed E-state index contributed by atoms with van der Waals surface area (Å²) in [6, 6.07) is 17.6. The lowest BCUT2D eigenvalue weighted by Crippen LogP contribution is -2.20. The fourth-order valence-electron chi connectivity index (χ4n) is 3.55. The van der Waals surface area contributed by atoms with Gasteiger partial charge in [0.2, 0.25) is 0 Å². The molecule has 0 atom stereocenters. The molecule has 0 bridgehead atoms. The van der Waals surface area contributed by atoms with E-state index in [1.807, 2.05) is 77.9 Å². The molecule has 7 nitrogen and oxygen atoms in total. The second kappa shape index (κ2) is 10.1. The molecule has 0 spiro atoms. The van der Waals surface area contributed by atoms with Gasteiger partial charge in [0.05, 0.1) is 37.3 Å². The number of aryl methyl sites for hydroxylation is 1. The molecule has 0 saturated carbocycles. The minimum Gasteiger partial charge on any atom is -0.497 e. The summed E-state index contributed by atoms with van der Waals surface area (Å²) in [6.07, 6.45) is 1.89. The van der Waals surface area contributed by atoms with Crippen molar-refractivity contribution >= 4 is 40.4 Å². The van der Waals surface area contributed by atoms with Crippen molar-refractivity contribution in [2.75, 3.05) is 17.7 Å². The number of ether oxygens (including phenoxy) is 1. The summed E-state index contributed by atoms with van der Waals surface area (Å²) in [4.78, 5) is 0. The Morgan fingerprint density at radius 2 is 1.85 bits per heavy atom. The molecule has 4 aromatic rings. The number of halogens is 1. The van der Waals surface area contributed by atoms with Gasteiger partial charge < -0.3 is 15.4 Å². The lowest BCUT2D eigenvalue weighted by molar-refractivity contribution is 0.414. The Hall–Kier alpha value is -3.36. The van der Waals surface area contributed by atoms with Crippen molar-refractivity contribution in [2.45, 2.75) is 26.9 Å². The molecule has 2 heterocycles. The van der Waals surface area contributed by atoms with Crippen LogP contribution in [0.1, 0.15) is 22.5 Å². The maximum Gasteiger partial charge on any atom is 0.176 e. The third kappa shape index (κ3) is 5.53. The van der Waals surface area contributed by atoms with E-state index in [4.69, 9.17) is 28.6 Å². The Labute approximate surface area is 203 Å². The Morgan fingerprint density at radius 1 is 1.03 bits per heavy atom. The van der Waals surface area contributed by atoms with Crippen LogP contribution in [0.2, 0.25) is 5.02 Å². The summed E-state index contributed by atoms with van der Waals surface area (Å²) >= 11 is 11.8. The summed E-state index contributed by atoms with van der Waals surface area (Å²) in [7, 11) is 1.66. The Morgan fingerprint density at radius 3 is 2.64 bits per heavy atom. The van der Waals surface area contributed by atoms with Gasteiger partial charge in [0.1, 0.15) is 5.75 Å². The van der Waals surface area contributed by atoms with Gasteiger partial charge in [0.15, 0.2) is 10.9 Å². The average Bonchev–Trinajstić information content (AvgIpc) is 3.34. The molecule has 170 valence electrons. The number of hydrogen-bond acceptors (Lipinski definition) is 4. The molecule has 0 saturated heterocycles. The number of methoxy groups -OCH3 is 1. The van der Waals surface area contributed by atoms with E-state index >= 15 is 0 Å². The molecular formula is C24H25ClN6OS. The molecule has 0 fully saturated rings. The van der Waals surface area contributed by atoms with Gasteiger partial charge in [0.25, 0.3) is 0 Å². The number of nitrogens with zero attached hydrogens (tertiary/aromatic N) is 4. The topological polar surface area (TPSA) is 68.9 Å². The van der Waals surface area contributed by atoms with Crippen LogP contribution in [0.4, 0.5) is 11.5 Å². The number of hydrogen-bond donors (Lipinski definition) is 2. The van der Waals surface area contributed by atoms with Crippen LogP contribution >= 0.6 is 23.8 Å². The summed E-state index contributed by atoms with van der Waals surface area (Å²) < 4.78 is 9.09. The molecular weight excluding hydrogens is 456 g/mol. The Kier molecular flexibility index (Phi) is 6.96. The Balaban J connectivity index is 1.41. The minimum atomic E-state index is 0.449. The third-order valence-electron chi connectivity index (χ3n) is 5.26. The van der Waals surface area contributed by atoms with E-state index in [0.29, 0.717) is 24.0 Å². The van der Waals surface area contributed by atoms with Crippen LogP contribution in [0.3, 0.4) is 0 Å². The zero-order chi connectivity index (χ0) is 23.4. The number of benzene rings is 2. The number of nitrogens with one attached hydrogen (secondary N) is 2. The maximum atomic E-state index is 6.25. The van der Waals surface area contributed by atoms with Crippen molar-refractivity contribution in [3.8, 4) is 5.75 Å². The highest BCUT2D eigenvalue weighted by Crippen LogP contribution is 2.22. The van der Waals surface area contributed by atoms with Crippen LogP contribution in [0.15, 0.2) is 60.8 Å². The standard InChI is InChI=1S/C24H25ClN6OS/c1-16-23(17(2)31(28-16)14-18-7-6-9-20(13-18)32-3)27-24(33)26-22-11-12-30(29-22)15-19-8-4-5-10-21(19)25/h4-13H,14-15H2,1-3H3,(H2,26,27,29,33). The molecule has 2 N–H and O–H groups in total. The van der Waals surface area contributed by atoms with Gasteiger partial charge in [-0.05, 0) is 55.4 Å². The second-order valence-corrected chi connectivity index (χ2v) is 8.44. The van der Waals surface area contributed by atoms with Crippen molar-refractivity contribution in [1.82, 2.24) is 19.6 Å². The van der Waals surface area contributed by atoms with E-state index in [9.17, 15) is 0 Å². The summed E-state index contributed by atoms with van der Waals surface area (Å²) in [5.74, 6) is 1.48. The van der Waals surface area contributed by atoms with E-state index in [1.165, 1.54) is 0 Å². The van der Waals surface area contributed by atoms with E-state index in [0.717, 1.165) is 39.0 Å². The third-order valence-corrected chi connectivity index (χ3v) is 5.83. The van der Waals surface area contributed by atoms with Crippen molar-refractivity contribution in [3.63, 3.8) is 0 Å². The highest BCUT2D eigenvalue weighted by Gasteiger charge is 2.14. The van der Waals surface area contributed by atoms with E-state index in [2.05, 4.69) is 26.9 Å². The average molecular weight is 481 g/mol. The molecule has 0 aliphatic heterocycles. The van der Waals surface area contributed by atoms with Gasteiger partial charge in [-0.15, -0.1) is 0 Å². The quantitative estimate of drug-likeness (QED) is 0.351. The summed E-state index contributed by atoms with van der Waals surface area (Å²) in [6.45, 7) is 5.19. The Bertz CT molecular complexity index is 1280. The zero-order valence-electron chi connectivity index (χ0n) is 18.7. The monoisotopic (exact) mass is 480 g/mol. The normalized spacial score (nSPS) is 10.8. The van der Waals surface area contributed by atoms with Crippen molar-refractivity contribution in [1.29, 1.82) is 0 Å².